The van der Waals surface area contributed by atoms with E-state index in [4.69, 9.17) is 0 Å². The zero-order chi connectivity index (χ0) is 17.1. The van der Waals surface area contributed by atoms with E-state index in [0.717, 1.165) is 17.0 Å². The number of aliphatic hydroxyl groups is 1. The van der Waals surface area contributed by atoms with Crippen LogP contribution in [0.3, 0.4) is 0 Å². The highest BCUT2D eigenvalue weighted by Gasteiger charge is 2.16. The van der Waals surface area contributed by atoms with Gasteiger partial charge in [-0.05, 0) is 25.1 Å². The van der Waals surface area contributed by atoms with Crippen LogP contribution in [-0.4, -0.2) is 25.9 Å². The SMILES string of the molecule is CC(O)Cc1c(-c2ccccc2)ncn1Cc1cc(O)ccc1F. The number of phenolic OH excluding ortho intramolecular Hbond substituents is 1. The van der Waals surface area contributed by atoms with Gasteiger partial charge in [0.15, 0.2) is 0 Å². The van der Waals surface area contributed by atoms with Gasteiger partial charge in [-0.1, -0.05) is 30.3 Å². The third-order valence-electron chi connectivity index (χ3n) is 3.85. The molecule has 0 aliphatic carbocycles. The molecular weight excluding hydrogens is 307 g/mol. The number of imidazole rings is 1. The summed E-state index contributed by atoms with van der Waals surface area (Å²) in [4.78, 5) is 4.45. The second kappa shape index (κ2) is 6.84. The van der Waals surface area contributed by atoms with Crippen molar-refractivity contribution in [1.29, 1.82) is 0 Å². The Morgan fingerprint density at radius 3 is 2.62 bits per heavy atom. The molecule has 2 N–H and O–H groups in total. The normalized spacial score (nSPS) is 12.3. The van der Waals surface area contributed by atoms with Gasteiger partial charge in [-0.2, -0.15) is 0 Å². The van der Waals surface area contributed by atoms with Gasteiger partial charge in [-0.3, -0.25) is 0 Å². The molecule has 0 spiro atoms. The van der Waals surface area contributed by atoms with Crippen molar-refractivity contribution < 1.29 is 14.6 Å². The van der Waals surface area contributed by atoms with Crippen LogP contribution in [-0.2, 0) is 13.0 Å². The Kier molecular flexibility index (Phi) is 4.62. The van der Waals surface area contributed by atoms with Crippen LogP contribution in [0, 0.1) is 5.82 Å². The zero-order valence-corrected chi connectivity index (χ0v) is 13.4. The predicted molar refractivity (Wildman–Crippen MR) is 90.2 cm³/mol. The molecule has 1 heterocycles. The lowest BCUT2D eigenvalue weighted by Crippen LogP contribution is -2.12. The van der Waals surface area contributed by atoms with E-state index in [1.165, 1.54) is 18.2 Å². The number of hydrogen-bond donors (Lipinski definition) is 2. The second-order valence-electron chi connectivity index (χ2n) is 5.86. The lowest BCUT2D eigenvalue weighted by Gasteiger charge is -2.13. The first-order valence-corrected chi connectivity index (χ1v) is 7.79. The molecule has 4 nitrogen and oxygen atoms in total. The molecule has 5 heteroatoms. The van der Waals surface area contributed by atoms with E-state index in [0.29, 0.717) is 12.0 Å². The smallest absolute Gasteiger partial charge is 0.128 e. The standard InChI is InChI=1S/C19H19FN2O2/c1-13(23)9-18-19(14-5-3-2-4-6-14)21-12-22(18)11-15-10-16(24)7-8-17(15)20/h2-8,10,12-13,23-24H,9,11H2,1H3. The summed E-state index contributed by atoms with van der Waals surface area (Å²) < 4.78 is 15.8. The number of rotatable bonds is 5. The number of aromatic nitrogens is 2. The molecule has 0 radical (unpaired) electrons. The third-order valence-corrected chi connectivity index (χ3v) is 3.85. The minimum Gasteiger partial charge on any atom is -0.508 e. The first-order valence-electron chi connectivity index (χ1n) is 7.79. The summed E-state index contributed by atoms with van der Waals surface area (Å²) in [6, 6.07) is 13.7. The Morgan fingerprint density at radius 2 is 1.92 bits per heavy atom. The maximum Gasteiger partial charge on any atom is 0.128 e. The number of nitrogens with zero attached hydrogens (tertiary/aromatic N) is 2. The Labute approximate surface area is 139 Å². The molecule has 2 aromatic carbocycles. The van der Waals surface area contributed by atoms with Gasteiger partial charge in [0, 0.05) is 23.2 Å². The fourth-order valence-corrected chi connectivity index (χ4v) is 2.74. The summed E-state index contributed by atoms with van der Waals surface area (Å²) in [5.74, 6) is -0.363. The molecule has 0 bridgehead atoms. The second-order valence-corrected chi connectivity index (χ2v) is 5.86. The van der Waals surface area contributed by atoms with Gasteiger partial charge in [-0.15, -0.1) is 0 Å². The molecule has 3 aromatic rings. The van der Waals surface area contributed by atoms with Crippen molar-refractivity contribution in [1.82, 2.24) is 9.55 Å². The molecule has 3 rings (SSSR count). The van der Waals surface area contributed by atoms with E-state index in [-0.39, 0.29) is 18.1 Å². The Morgan fingerprint density at radius 1 is 1.17 bits per heavy atom. The number of aromatic hydroxyl groups is 1. The molecule has 24 heavy (non-hydrogen) atoms. The van der Waals surface area contributed by atoms with E-state index in [1.54, 1.807) is 13.3 Å². The average Bonchev–Trinajstić information content (AvgIpc) is 2.94. The fourth-order valence-electron chi connectivity index (χ4n) is 2.74. The number of halogens is 1. The molecule has 0 saturated heterocycles. The van der Waals surface area contributed by atoms with Crippen molar-refractivity contribution in [2.75, 3.05) is 0 Å². The third kappa shape index (κ3) is 3.46. The Balaban J connectivity index is 2.01. The van der Waals surface area contributed by atoms with E-state index in [1.807, 2.05) is 34.9 Å². The van der Waals surface area contributed by atoms with Gasteiger partial charge < -0.3 is 14.8 Å². The number of benzene rings is 2. The van der Waals surface area contributed by atoms with Gasteiger partial charge in [0.25, 0.3) is 0 Å². The summed E-state index contributed by atoms with van der Waals surface area (Å²) in [6.45, 7) is 1.95. The van der Waals surface area contributed by atoms with Crippen molar-refractivity contribution in [2.45, 2.75) is 26.0 Å². The lowest BCUT2D eigenvalue weighted by atomic mass is 10.1. The maximum absolute atomic E-state index is 14.0. The van der Waals surface area contributed by atoms with Crippen molar-refractivity contribution in [3.8, 4) is 17.0 Å². The van der Waals surface area contributed by atoms with Gasteiger partial charge in [0.1, 0.15) is 11.6 Å². The van der Waals surface area contributed by atoms with E-state index in [2.05, 4.69) is 4.98 Å². The van der Waals surface area contributed by atoms with Crippen LogP contribution >= 0.6 is 0 Å². The van der Waals surface area contributed by atoms with E-state index in [9.17, 15) is 14.6 Å². The monoisotopic (exact) mass is 326 g/mol. The lowest BCUT2D eigenvalue weighted by molar-refractivity contribution is 0.193. The fraction of sp³-hybridized carbons (Fsp3) is 0.211. The summed E-state index contributed by atoms with van der Waals surface area (Å²) in [7, 11) is 0. The number of phenols is 1. The quantitative estimate of drug-likeness (QED) is 0.756. The van der Waals surface area contributed by atoms with Crippen molar-refractivity contribution in [3.63, 3.8) is 0 Å². The van der Waals surface area contributed by atoms with Crippen molar-refractivity contribution in [2.24, 2.45) is 0 Å². The summed E-state index contributed by atoms with van der Waals surface area (Å²) in [6.07, 6.45) is 1.51. The summed E-state index contributed by atoms with van der Waals surface area (Å²) in [5.41, 5.74) is 2.93. The molecule has 0 fully saturated rings. The highest BCUT2D eigenvalue weighted by molar-refractivity contribution is 5.62. The largest absolute Gasteiger partial charge is 0.508 e. The van der Waals surface area contributed by atoms with Crippen LogP contribution in [0.4, 0.5) is 4.39 Å². The molecule has 1 unspecified atom stereocenters. The van der Waals surface area contributed by atoms with E-state index < -0.39 is 6.10 Å². The summed E-state index contributed by atoms with van der Waals surface area (Å²) >= 11 is 0. The van der Waals surface area contributed by atoms with Gasteiger partial charge in [0.05, 0.1) is 24.7 Å². The van der Waals surface area contributed by atoms with Crippen molar-refractivity contribution >= 4 is 0 Å². The molecule has 124 valence electrons. The number of hydrogen-bond acceptors (Lipinski definition) is 3. The minimum absolute atomic E-state index is 0.0203. The van der Waals surface area contributed by atoms with Crippen LogP contribution in [0.2, 0.25) is 0 Å². The van der Waals surface area contributed by atoms with Crippen LogP contribution in [0.1, 0.15) is 18.2 Å². The molecule has 0 saturated carbocycles. The van der Waals surface area contributed by atoms with Crippen molar-refractivity contribution in [3.05, 3.63) is 71.9 Å². The highest BCUT2D eigenvalue weighted by atomic mass is 19.1. The van der Waals surface area contributed by atoms with Gasteiger partial charge >= 0.3 is 0 Å². The number of aliphatic hydroxyl groups excluding tert-OH is 1. The highest BCUT2D eigenvalue weighted by Crippen LogP contribution is 2.25. The van der Waals surface area contributed by atoms with Crippen LogP contribution in [0.15, 0.2) is 54.9 Å². The van der Waals surface area contributed by atoms with Gasteiger partial charge in [-0.25, -0.2) is 9.37 Å². The van der Waals surface area contributed by atoms with Crippen LogP contribution in [0.5, 0.6) is 5.75 Å². The minimum atomic E-state index is -0.545. The predicted octanol–water partition coefficient (Wildman–Crippen LogP) is 3.37. The van der Waals surface area contributed by atoms with Crippen LogP contribution in [0.25, 0.3) is 11.3 Å². The topological polar surface area (TPSA) is 58.3 Å². The Bertz CT molecular complexity index is 829. The zero-order valence-electron chi connectivity index (χ0n) is 13.4. The summed E-state index contributed by atoms with van der Waals surface area (Å²) in [5, 5.41) is 19.4. The molecule has 0 amide bonds. The average molecular weight is 326 g/mol. The van der Waals surface area contributed by atoms with Gasteiger partial charge in [0.2, 0.25) is 0 Å². The molecular formula is C19H19FN2O2. The molecule has 1 atom stereocenters. The van der Waals surface area contributed by atoms with Crippen LogP contribution < -0.4 is 0 Å². The Hall–Kier alpha value is -2.66. The molecule has 1 aromatic heterocycles. The first kappa shape index (κ1) is 16.2. The first-order chi connectivity index (χ1) is 11.5. The van der Waals surface area contributed by atoms with E-state index >= 15 is 0 Å². The molecule has 0 aliphatic rings. The molecule has 0 aliphatic heterocycles. The maximum atomic E-state index is 14.0.